The maximum absolute atomic E-state index is 5.79. The van der Waals surface area contributed by atoms with E-state index < -0.39 is 0 Å². The summed E-state index contributed by atoms with van der Waals surface area (Å²) in [6, 6.07) is 17.1. The molecule has 0 bridgehead atoms. The lowest BCUT2D eigenvalue weighted by atomic mass is 9.96. The van der Waals surface area contributed by atoms with Crippen LogP contribution in [-0.2, 0) is 0 Å². The molecular formula is C25H30N4S. The molecule has 0 unspecified atom stereocenters. The largest absolute Gasteiger partial charge is 0.352 e. The van der Waals surface area contributed by atoms with E-state index in [1.165, 1.54) is 28.2 Å². The predicted molar refractivity (Wildman–Crippen MR) is 127 cm³/mol. The molecule has 1 saturated heterocycles. The summed E-state index contributed by atoms with van der Waals surface area (Å²) in [6.45, 7) is 12.0. The number of pyridine rings is 1. The third kappa shape index (κ3) is 3.63. The van der Waals surface area contributed by atoms with Gasteiger partial charge in [-0.25, -0.2) is 0 Å². The number of benzene rings is 1. The zero-order valence-corrected chi connectivity index (χ0v) is 19.2. The number of rotatable bonds is 5. The third-order valence-corrected chi connectivity index (χ3v) is 6.26. The molecule has 0 amide bonds. The van der Waals surface area contributed by atoms with Crippen molar-refractivity contribution in [2.75, 3.05) is 6.54 Å². The summed E-state index contributed by atoms with van der Waals surface area (Å²) in [4.78, 5) is 7.01. The summed E-state index contributed by atoms with van der Waals surface area (Å²) in [5, 5.41) is 4.38. The number of aromatic nitrogens is 2. The highest BCUT2D eigenvalue weighted by Crippen LogP contribution is 2.41. The average molecular weight is 419 g/mol. The van der Waals surface area contributed by atoms with Gasteiger partial charge < -0.3 is 14.8 Å². The lowest BCUT2D eigenvalue weighted by molar-refractivity contribution is 0.287. The standard InChI is InChI=1S/C25H30N4S/c1-16(2)15-28-24(23(27-25(28)30)21-11-8-9-13-26-21)20-14-18(4)29(19(20)5)22-12-7-6-10-17(22)3/h6-14,16,23-24H,15H2,1-5H3,(H,27,30)/t23-,24-/m0/s1. The Hall–Kier alpha value is -2.66. The van der Waals surface area contributed by atoms with Crippen molar-refractivity contribution in [3.05, 3.63) is 82.9 Å². The van der Waals surface area contributed by atoms with Gasteiger partial charge in [-0.2, -0.15) is 0 Å². The number of nitrogens with zero attached hydrogens (tertiary/aromatic N) is 3. The molecule has 4 rings (SSSR count). The number of nitrogens with one attached hydrogen (secondary N) is 1. The van der Waals surface area contributed by atoms with Crippen molar-refractivity contribution in [3.8, 4) is 5.69 Å². The van der Waals surface area contributed by atoms with Gasteiger partial charge in [0.05, 0.1) is 17.8 Å². The molecule has 5 heteroatoms. The van der Waals surface area contributed by atoms with Gasteiger partial charge in [0.1, 0.15) is 0 Å². The molecule has 1 aromatic carbocycles. The fourth-order valence-electron chi connectivity index (χ4n) is 4.61. The van der Waals surface area contributed by atoms with Gasteiger partial charge in [0.2, 0.25) is 0 Å². The van der Waals surface area contributed by atoms with Crippen LogP contribution >= 0.6 is 12.2 Å². The highest BCUT2D eigenvalue weighted by Gasteiger charge is 2.41. The van der Waals surface area contributed by atoms with Crippen LogP contribution in [0.4, 0.5) is 0 Å². The number of hydrogen-bond acceptors (Lipinski definition) is 2. The smallest absolute Gasteiger partial charge is 0.170 e. The molecule has 2 atom stereocenters. The normalized spacial score (nSPS) is 18.9. The van der Waals surface area contributed by atoms with E-state index in [1.807, 2.05) is 18.3 Å². The third-order valence-electron chi connectivity index (χ3n) is 5.90. The molecule has 1 fully saturated rings. The Morgan fingerprint density at radius 3 is 2.47 bits per heavy atom. The number of para-hydroxylation sites is 1. The summed E-state index contributed by atoms with van der Waals surface area (Å²) in [7, 11) is 0. The highest BCUT2D eigenvalue weighted by molar-refractivity contribution is 7.80. The first-order valence-corrected chi connectivity index (χ1v) is 11.0. The second-order valence-corrected chi connectivity index (χ2v) is 9.01. The molecule has 1 aliphatic rings. The van der Waals surface area contributed by atoms with E-state index in [4.69, 9.17) is 12.2 Å². The Morgan fingerprint density at radius 1 is 1.07 bits per heavy atom. The van der Waals surface area contributed by atoms with Gasteiger partial charge in [0.25, 0.3) is 0 Å². The molecule has 0 saturated carbocycles. The summed E-state index contributed by atoms with van der Waals surface area (Å²) >= 11 is 5.79. The maximum atomic E-state index is 5.79. The summed E-state index contributed by atoms with van der Waals surface area (Å²) in [6.07, 6.45) is 1.86. The van der Waals surface area contributed by atoms with Crippen molar-refractivity contribution in [2.24, 2.45) is 5.92 Å². The average Bonchev–Trinajstić information content (AvgIpc) is 3.18. The van der Waals surface area contributed by atoms with E-state index in [0.717, 1.165) is 17.4 Å². The lowest BCUT2D eigenvalue weighted by Gasteiger charge is -2.29. The van der Waals surface area contributed by atoms with Crippen molar-refractivity contribution in [1.29, 1.82) is 0 Å². The zero-order chi connectivity index (χ0) is 21.4. The molecule has 0 aliphatic carbocycles. The van der Waals surface area contributed by atoms with Crippen molar-refractivity contribution < 1.29 is 0 Å². The van der Waals surface area contributed by atoms with E-state index in [9.17, 15) is 0 Å². The van der Waals surface area contributed by atoms with Crippen LogP contribution in [0.15, 0.2) is 54.7 Å². The van der Waals surface area contributed by atoms with Gasteiger partial charge in [0.15, 0.2) is 5.11 Å². The SMILES string of the molecule is Cc1ccccc1-n1c(C)cc([C@H]2[C@H](c3ccccn3)NC(=S)N2CC(C)C)c1C. The molecule has 3 heterocycles. The topological polar surface area (TPSA) is 33.1 Å². The minimum Gasteiger partial charge on any atom is -0.352 e. The van der Waals surface area contributed by atoms with Crippen molar-refractivity contribution in [1.82, 2.24) is 19.8 Å². The highest BCUT2D eigenvalue weighted by atomic mass is 32.1. The van der Waals surface area contributed by atoms with Crippen molar-refractivity contribution in [2.45, 2.75) is 46.7 Å². The van der Waals surface area contributed by atoms with Gasteiger partial charge in [0, 0.05) is 29.8 Å². The van der Waals surface area contributed by atoms with Gasteiger partial charge >= 0.3 is 0 Å². The molecule has 156 valence electrons. The summed E-state index contributed by atoms with van der Waals surface area (Å²) in [5.41, 5.74) is 7.33. The van der Waals surface area contributed by atoms with E-state index >= 15 is 0 Å². The molecule has 4 nitrogen and oxygen atoms in total. The summed E-state index contributed by atoms with van der Waals surface area (Å²) < 4.78 is 2.37. The van der Waals surface area contributed by atoms with E-state index in [0.29, 0.717) is 5.92 Å². The first-order chi connectivity index (χ1) is 14.4. The van der Waals surface area contributed by atoms with Crippen molar-refractivity contribution in [3.63, 3.8) is 0 Å². The van der Waals surface area contributed by atoms with Crippen LogP contribution < -0.4 is 5.32 Å². The van der Waals surface area contributed by atoms with Gasteiger partial charge in [-0.3, -0.25) is 4.98 Å². The van der Waals surface area contributed by atoms with Crippen LogP contribution in [-0.4, -0.2) is 26.1 Å². The van der Waals surface area contributed by atoms with Crippen LogP contribution in [0, 0.1) is 26.7 Å². The lowest BCUT2D eigenvalue weighted by Crippen LogP contribution is -2.33. The molecule has 2 aromatic heterocycles. The Bertz CT molecular complexity index is 1050. The van der Waals surface area contributed by atoms with Crippen LogP contribution in [0.5, 0.6) is 0 Å². The Labute approximate surface area is 184 Å². The minimum atomic E-state index is 0.0308. The second kappa shape index (κ2) is 8.23. The molecular weight excluding hydrogens is 388 g/mol. The van der Waals surface area contributed by atoms with Crippen LogP contribution in [0.25, 0.3) is 5.69 Å². The fraction of sp³-hybridized carbons (Fsp3) is 0.360. The zero-order valence-electron chi connectivity index (χ0n) is 18.4. The number of thiocarbonyl (C=S) groups is 1. The molecule has 0 spiro atoms. The molecule has 30 heavy (non-hydrogen) atoms. The molecule has 3 aromatic rings. The summed E-state index contributed by atoms with van der Waals surface area (Å²) in [5.74, 6) is 0.509. The van der Waals surface area contributed by atoms with E-state index in [-0.39, 0.29) is 12.1 Å². The van der Waals surface area contributed by atoms with Crippen LogP contribution in [0.1, 0.15) is 54.1 Å². The van der Waals surface area contributed by atoms with Crippen LogP contribution in [0.3, 0.4) is 0 Å². The second-order valence-electron chi connectivity index (χ2n) is 8.62. The Morgan fingerprint density at radius 2 is 1.80 bits per heavy atom. The Kier molecular flexibility index (Phi) is 5.65. The Balaban J connectivity index is 1.85. The first kappa shape index (κ1) is 20.6. The molecule has 1 N–H and O–H groups in total. The quantitative estimate of drug-likeness (QED) is 0.561. The molecule has 1 aliphatic heterocycles. The number of aryl methyl sites for hydroxylation is 2. The van der Waals surface area contributed by atoms with Gasteiger partial charge in [-0.05, 0) is 74.3 Å². The maximum Gasteiger partial charge on any atom is 0.170 e. The van der Waals surface area contributed by atoms with Gasteiger partial charge in [-0.15, -0.1) is 0 Å². The first-order valence-electron chi connectivity index (χ1n) is 10.6. The number of hydrogen-bond donors (Lipinski definition) is 1. The van der Waals surface area contributed by atoms with Crippen LogP contribution in [0.2, 0.25) is 0 Å². The van der Waals surface area contributed by atoms with E-state index in [1.54, 1.807) is 0 Å². The monoisotopic (exact) mass is 418 g/mol. The minimum absolute atomic E-state index is 0.0308. The van der Waals surface area contributed by atoms with Gasteiger partial charge in [-0.1, -0.05) is 38.1 Å². The molecule has 0 radical (unpaired) electrons. The van der Waals surface area contributed by atoms with Crippen molar-refractivity contribution >= 4 is 17.3 Å². The fourth-order valence-corrected chi connectivity index (χ4v) is 4.92. The van der Waals surface area contributed by atoms with E-state index in [2.05, 4.69) is 90.8 Å². The predicted octanol–water partition coefficient (Wildman–Crippen LogP) is 5.43.